The van der Waals surface area contributed by atoms with Gasteiger partial charge in [0.2, 0.25) is 5.91 Å². The largest absolute Gasteiger partial charge is 0.348 e. The maximum absolute atomic E-state index is 12.1. The number of nitrogens with one attached hydrogen (secondary N) is 2. The second kappa shape index (κ2) is 7.73. The second-order valence-corrected chi connectivity index (χ2v) is 5.22. The molecular formula is C14H20Cl2N2O. The van der Waals surface area contributed by atoms with Crippen LogP contribution in [0.2, 0.25) is 5.02 Å². The molecule has 0 saturated carbocycles. The van der Waals surface area contributed by atoms with E-state index in [0.717, 1.165) is 31.4 Å². The first-order chi connectivity index (χ1) is 8.66. The SMILES string of the molecule is CC(NC(=O)[C@@H]1CCCCN1)c1cccc(Cl)c1.Cl. The van der Waals surface area contributed by atoms with Gasteiger partial charge >= 0.3 is 0 Å². The predicted octanol–water partition coefficient (Wildman–Crippen LogP) is 3.08. The number of hydrogen-bond donors (Lipinski definition) is 2. The van der Waals surface area contributed by atoms with Crippen LogP contribution in [0.1, 0.15) is 37.8 Å². The quantitative estimate of drug-likeness (QED) is 0.901. The van der Waals surface area contributed by atoms with Crippen molar-refractivity contribution in [3.8, 4) is 0 Å². The summed E-state index contributed by atoms with van der Waals surface area (Å²) in [5.74, 6) is 0.0853. The topological polar surface area (TPSA) is 41.1 Å². The van der Waals surface area contributed by atoms with Gasteiger partial charge in [0.25, 0.3) is 0 Å². The third-order valence-electron chi connectivity index (χ3n) is 3.33. The van der Waals surface area contributed by atoms with Gasteiger partial charge in [0, 0.05) is 5.02 Å². The lowest BCUT2D eigenvalue weighted by Gasteiger charge is -2.24. The number of rotatable bonds is 3. The maximum atomic E-state index is 12.1. The van der Waals surface area contributed by atoms with E-state index in [1.54, 1.807) is 0 Å². The number of carbonyl (C=O) groups is 1. The summed E-state index contributed by atoms with van der Waals surface area (Å²) < 4.78 is 0. The molecule has 0 aromatic heterocycles. The number of carbonyl (C=O) groups excluding carboxylic acids is 1. The molecule has 1 unspecified atom stereocenters. The summed E-state index contributed by atoms with van der Waals surface area (Å²) in [6.07, 6.45) is 3.21. The average Bonchev–Trinajstić information content (AvgIpc) is 2.39. The highest BCUT2D eigenvalue weighted by Gasteiger charge is 2.21. The Labute approximate surface area is 125 Å². The first kappa shape index (κ1) is 16.3. The van der Waals surface area contributed by atoms with Crippen molar-refractivity contribution in [3.63, 3.8) is 0 Å². The molecule has 2 rings (SSSR count). The molecule has 5 heteroatoms. The zero-order chi connectivity index (χ0) is 13.0. The highest BCUT2D eigenvalue weighted by molar-refractivity contribution is 6.30. The molecular weight excluding hydrogens is 283 g/mol. The van der Waals surface area contributed by atoms with E-state index < -0.39 is 0 Å². The summed E-state index contributed by atoms with van der Waals surface area (Å²) in [4.78, 5) is 12.1. The molecule has 1 aromatic carbocycles. The molecule has 1 saturated heterocycles. The summed E-state index contributed by atoms with van der Waals surface area (Å²) in [7, 11) is 0. The number of piperidine rings is 1. The van der Waals surface area contributed by atoms with Gasteiger partial charge in [-0.05, 0) is 44.0 Å². The molecule has 0 bridgehead atoms. The molecule has 0 aliphatic carbocycles. The Bertz CT molecular complexity index is 420. The van der Waals surface area contributed by atoms with Crippen molar-refractivity contribution >= 4 is 29.9 Å². The first-order valence-electron chi connectivity index (χ1n) is 6.46. The second-order valence-electron chi connectivity index (χ2n) is 4.79. The highest BCUT2D eigenvalue weighted by Crippen LogP contribution is 2.18. The Balaban J connectivity index is 0.00000180. The average molecular weight is 303 g/mol. The van der Waals surface area contributed by atoms with E-state index in [0.29, 0.717) is 5.02 Å². The summed E-state index contributed by atoms with van der Waals surface area (Å²) in [6.45, 7) is 2.91. The standard InChI is InChI=1S/C14H19ClN2O.ClH/c1-10(11-5-4-6-12(15)9-11)17-14(18)13-7-2-3-8-16-13;/h4-6,9-10,13,16H,2-3,7-8H2,1H3,(H,17,18);1H/t10?,13-;/m0./s1. The summed E-state index contributed by atoms with van der Waals surface area (Å²) in [6, 6.07) is 7.55. The molecule has 106 valence electrons. The number of amides is 1. The molecule has 1 heterocycles. The van der Waals surface area contributed by atoms with Gasteiger partial charge in [-0.15, -0.1) is 12.4 Å². The summed E-state index contributed by atoms with van der Waals surface area (Å²) in [5.41, 5.74) is 1.03. The Morgan fingerprint density at radius 1 is 1.47 bits per heavy atom. The monoisotopic (exact) mass is 302 g/mol. The van der Waals surface area contributed by atoms with Gasteiger partial charge in [-0.2, -0.15) is 0 Å². The van der Waals surface area contributed by atoms with Crippen LogP contribution in [0.25, 0.3) is 0 Å². The summed E-state index contributed by atoms with van der Waals surface area (Å²) in [5, 5.41) is 6.98. The molecule has 1 aliphatic heterocycles. The fraction of sp³-hybridized carbons (Fsp3) is 0.500. The normalized spacial score (nSPS) is 20.2. The van der Waals surface area contributed by atoms with Crippen molar-refractivity contribution < 1.29 is 4.79 Å². The molecule has 1 amide bonds. The van der Waals surface area contributed by atoms with Crippen molar-refractivity contribution in [2.24, 2.45) is 0 Å². The van der Waals surface area contributed by atoms with E-state index in [4.69, 9.17) is 11.6 Å². The lowest BCUT2D eigenvalue weighted by atomic mass is 10.0. The third kappa shape index (κ3) is 4.68. The van der Waals surface area contributed by atoms with E-state index in [-0.39, 0.29) is 30.4 Å². The van der Waals surface area contributed by atoms with Crippen LogP contribution >= 0.6 is 24.0 Å². The van der Waals surface area contributed by atoms with Crippen molar-refractivity contribution in [3.05, 3.63) is 34.9 Å². The number of hydrogen-bond acceptors (Lipinski definition) is 2. The molecule has 2 atom stereocenters. The maximum Gasteiger partial charge on any atom is 0.237 e. The number of halogens is 2. The van der Waals surface area contributed by atoms with Crippen LogP contribution in [-0.4, -0.2) is 18.5 Å². The molecule has 0 radical (unpaired) electrons. The van der Waals surface area contributed by atoms with Crippen molar-refractivity contribution in [1.29, 1.82) is 0 Å². The van der Waals surface area contributed by atoms with Gasteiger partial charge in [0.05, 0.1) is 12.1 Å². The fourth-order valence-corrected chi connectivity index (χ4v) is 2.45. The minimum Gasteiger partial charge on any atom is -0.348 e. The van der Waals surface area contributed by atoms with Gasteiger partial charge in [-0.25, -0.2) is 0 Å². The van der Waals surface area contributed by atoms with Crippen molar-refractivity contribution in [2.75, 3.05) is 6.54 Å². The molecule has 1 aliphatic rings. The Kier molecular flexibility index (Phi) is 6.63. The van der Waals surface area contributed by atoms with Crippen LogP contribution in [0.4, 0.5) is 0 Å². The fourth-order valence-electron chi connectivity index (χ4n) is 2.25. The van der Waals surface area contributed by atoms with Gasteiger partial charge in [-0.3, -0.25) is 4.79 Å². The smallest absolute Gasteiger partial charge is 0.237 e. The minimum atomic E-state index is -0.0413. The van der Waals surface area contributed by atoms with Crippen LogP contribution in [0.3, 0.4) is 0 Å². The lowest BCUT2D eigenvalue weighted by molar-refractivity contribution is -0.124. The van der Waals surface area contributed by atoms with Gasteiger partial charge in [-0.1, -0.05) is 30.2 Å². The molecule has 1 fully saturated rings. The highest BCUT2D eigenvalue weighted by atomic mass is 35.5. The Morgan fingerprint density at radius 3 is 2.89 bits per heavy atom. The Hall–Kier alpha value is -0.770. The van der Waals surface area contributed by atoms with E-state index in [9.17, 15) is 4.79 Å². The van der Waals surface area contributed by atoms with Crippen LogP contribution < -0.4 is 10.6 Å². The minimum absolute atomic E-state index is 0. The van der Waals surface area contributed by atoms with E-state index >= 15 is 0 Å². The molecule has 1 aromatic rings. The van der Waals surface area contributed by atoms with Crippen LogP contribution in [0.15, 0.2) is 24.3 Å². The number of benzene rings is 1. The lowest BCUT2D eigenvalue weighted by Crippen LogP contribution is -2.47. The molecule has 19 heavy (non-hydrogen) atoms. The molecule has 0 spiro atoms. The molecule has 3 nitrogen and oxygen atoms in total. The zero-order valence-electron chi connectivity index (χ0n) is 11.0. The van der Waals surface area contributed by atoms with Crippen LogP contribution in [0.5, 0.6) is 0 Å². The summed E-state index contributed by atoms with van der Waals surface area (Å²) >= 11 is 5.95. The van der Waals surface area contributed by atoms with Crippen LogP contribution in [-0.2, 0) is 4.79 Å². The van der Waals surface area contributed by atoms with Gasteiger partial charge in [0.1, 0.15) is 0 Å². The van der Waals surface area contributed by atoms with Gasteiger partial charge in [0.15, 0.2) is 0 Å². The van der Waals surface area contributed by atoms with E-state index in [1.165, 1.54) is 0 Å². The third-order valence-corrected chi connectivity index (χ3v) is 3.57. The van der Waals surface area contributed by atoms with Crippen molar-refractivity contribution in [2.45, 2.75) is 38.3 Å². The van der Waals surface area contributed by atoms with Gasteiger partial charge < -0.3 is 10.6 Å². The predicted molar refractivity (Wildman–Crippen MR) is 80.9 cm³/mol. The van der Waals surface area contributed by atoms with Crippen molar-refractivity contribution in [1.82, 2.24) is 10.6 Å². The first-order valence-corrected chi connectivity index (χ1v) is 6.84. The van der Waals surface area contributed by atoms with E-state index in [2.05, 4.69) is 10.6 Å². The molecule has 2 N–H and O–H groups in total. The van der Waals surface area contributed by atoms with E-state index in [1.807, 2.05) is 31.2 Å². The van der Waals surface area contributed by atoms with Crippen LogP contribution in [0, 0.1) is 0 Å². The zero-order valence-corrected chi connectivity index (χ0v) is 12.6. The Morgan fingerprint density at radius 2 is 2.26 bits per heavy atom.